The minimum absolute atomic E-state index is 0.0632. The van der Waals surface area contributed by atoms with E-state index in [-0.39, 0.29) is 11.5 Å². The first kappa shape index (κ1) is 13.0. The van der Waals surface area contributed by atoms with E-state index in [4.69, 9.17) is 0 Å². The molecule has 0 saturated heterocycles. The molecule has 0 spiro atoms. The molecule has 0 heterocycles. The average Bonchev–Trinajstić information content (AvgIpc) is 2.45. The number of rotatable bonds is 4. The van der Waals surface area contributed by atoms with Crippen molar-refractivity contribution in [3.05, 3.63) is 78.6 Å². The SMILES string of the molecule is C=CCN(C(=O)c1ccccc1F)c1ccccc1. The van der Waals surface area contributed by atoms with Crippen molar-refractivity contribution in [1.29, 1.82) is 0 Å². The molecule has 2 nitrogen and oxygen atoms in total. The number of halogens is 1. The number of nitrogens with zero attached hydrogens (tertiary/aromatic N) is 1. The monoisotopic (exact) mass is 255 g/mol. The summed E-state index contributed by atoms with van der Waals surface area (Å²) in [5.74, 6) is -0.887. The maximum absolute atomic E-state index is 13.7. The summed E-state index contributed by atoms with van der Waals surface area (Å²) in [4.78, 5) is 13.9. The number of carbonyl (C=O) groups is 1. The van der Waals surface area contributed by atoms with Gasteiger partial charge in [-0.25, -0.2) is 4.39 Å². The fraction of sp³-hybridized carbons (Fsp3) is 0.0625. The lowest BCUT2D eigenvalue weighted by Crippen LogP contribution is -2.31. The molecule has 0 radical (unpaired) electrons. The van der Waals surface area contributed by atoms with E-state index >= 15 is 0 Å². The maximum atomic E-state index is 13.7. The number of amides is 1. The first-order chi connectivity index (χ1) is 9.24. The van der Waals surface area contributed by atoms with Crippen molar-refractivity contribution in [2.45, 2.75) is 0 Å². The third kappa shape index (κ3) is 2.88. The van der Waals surface area contributed by atoms with Crippen molar-refractivity contribution in [3.8, 4) is 0 Å². The normalized spacial score (nSPS) is 9.95. The van der Waals surface area contributed by atoms with Gasteiger partial charge in [0.15, 0.2) is 0 Å². The van der Waals surface area contributed by atoms with E-state index in [0.717, 1.165) is 5.69 Å². The molecule has 2 aromatic carbocycles. The fourth-order valence-electron chi connectivity index (χ4n) is 1.82. The van der Waals surface area contributed by atoms with E-state index in [1.807, 2.05) is 30.3 Å². The lowest BCUT2D eigenvalue weighted by Gasteiger charge is -2.21. The van der Waals surface area contributed by atoms with Crippen LogP contribution in [-0.4, -0.2) is 12.5 Å². The number of hydrogen-bond donors (Lipinski definition) is 0. The Kier molecular flexibility index (Phi) is 4.08. The molecule has 2 aromatic rings. The van der Waals surface area contributed by atoms with Crippen LogP contribution >= 0.6 is 0 Å². The Morgan fingerprint density at radius 1 is 1.11 bits per heavy atom. The molecule has 0 aromatic heterocycles. The van der Waals surface area contributed by atoms with Crippen molar-refractivity contribution >= 4 is 11.6 Å². The zero-order valence-corrected chi connectivity index (χ0v) is 10.4. The van der Waals surface area contributed by atoms with Crippen LogP contribution in [0.1, 0.15) is 10.4 Å². The molecule has 2 rings (SSSR count). The highest BCUT2D eigenvalue weighted by Crippen LogP contribution is 2.18. The van der Waals surface area contributed by atoms with Crippen LogP contribution in [0.5, 0.6) is 0 Å². The molecule has 0 aliphatic rings. The summed E-state index contributed by atoms with van der Waals surface area (Å²) >= 11 is 0. The van der Waals surface area contributed by atoms with Gasteiger partial charge in [0, 0.05) is 12.2 Å². The molecule has 0 fully saturated rings. The zero-order chi connectivity index (χ0) is 13.7. The van der Waals surface area contributed by atoms with Crippen LogP contribution in [0.25, 0.3) is 0 Å². The first-order valence-corrected chi connectivity index (χ1v) is 5.96. The number of para-hydroxylation sites is 1. The molecule has 19 heavy (non-hydrogen) atoms. The summed E-state index contributed by atoms with van der Waals surface area (Å²) in [5, 5.41) is 0. The summed E-state index contributed by atoms with van der Waals surface area (Å²) < 4.78 is 13.7. The minimum atomic E-state index is -0.516. The summed E-state index contributed by atoms with van der Waals surface area (Å²) in [7, 11) is 0. The van der Waals surface area contributed by atoms with Gasteiger partial charge >= 0.3 is 0 Å². The van der Waals surface area contributed by atoms with Crippen LogP contribution in [0.4, 0.5) is 10.1 Å². The average molecular weight is 255 g/mol. The Morgan fingerprint density at radius 2 is 1.74 bits per heavy atom. The molecule has 0 saturated carbocycles. The molecule has 0 bridgehead atoms. The number of benzene rings is 2. The molecule has 96 valence electrons. The van der Waals surface area contributed by atoms with Gasteiger partial charge < -0.3 is 4.90 Å². The van der Waals surface area contributed by atoms with Crippen LogP contribution in [0, 0.1) is 5.82 Å². The molecular formula is C16H14FNO. The van der Waals surface area contributed by atoms with E-state index in [0.29, 0.717) is 6.54 Å². The third-order valence-electron chi connectivity index (χ3n) is 2.73. The van der Waals surface area contributed by atoms with Gasteiger partial charge in [0.1, 0.15) is 5.82 Å². The van der Waals surface area contributed by atoms with Crippen molar-refractivity contribution in [1.82, 2.24) is 0 Å². The van der Waals surface area contributed by atoms with Crippen molar-refractivity contribution in [3.63, 3.8) is 0 Å². The van der Waals surface area contributed by atoms with Gasteiger partial charge in [-0.3, -0.25) is 4.79 Å². The first-order valence-electron chi connectivity index (χ1n) is 5.96. The Labute approximate surface area is 111 Å². The smallest absolute Gasteiger partial charge is 0.261 e. The highest BCUT2D eigenvalue weighted by Gasteiger charge is 2.19. The number of anilines is 1. The van der Waals surface area contributed by atoms with E-state index in [9.17, 15) is 9.18 Å². The Balaban J connectivity index is 2.38. The maximum Gasteiger partial charge on any atom is 0.261 e. The second-order valence-electron chi connectivity index (χ2n) is 4.02. The number of hydrogen-bond acceptors (Lipinski definition) is 1. The molecule has 3 heteroatoms. The largest absolute Gasteiger partial charge is 0.304 e. The van der Waals surface area contributed by atoms with Crippen LogP contribution in [0.3, 0.4) is 0 Å². The molecule has 0 unspecified atom stereocenters. The standard InChI is InChI=1S/C16H14FNO/c1-2-12-18(13-8-4-3-5-9-13)16(19)14-10-6-7-11-15(14)17/h2-11H,1,12H2. The minimum Gasteiger partial charge on any atom is -0.304 e. The van der Waals surface area contributed by atoms with E-state index in [1.54, 1.807) is 18.2 Å². The quantitative estimate of drug-likeness (QED) is 0.763. The van der Waals surface area contributed by atoms with Crippen LogP contribution in [0.15, 0.2) is 67.3 Å². The van der Waals surface area contributed by atoms with Crippen molar-refractivity contribution in [2.24, 2.45) is 0 Å². The lowest BCUT2D eigenvalue weighted by molar-refractivity contribution is 0.0986. The van der Waals surface area contributed by atoms with Crippen molar-refractivity contribution in [2.75, 3.05) is 11.4 Å². The summed E-state index contributed by atoms with van der Waals surface area (Å²) in [6, 6.07) is 15.1. The topological polar surface area (TPSA) is 20.3 Å². The molecule has 0 aliphatic heterocycles. The Bertz CT molecular complexity index is 580. The fourth-order valence-corrected chi connectivity index (χ4v) is 1.82. The summed E-state index contributed by atoms with van der Waals surface area (Å²) in [5.41, 5.74) is 0.781. The van der Waals surface area contributed by atoms with E-state index in [2.05, 4.69) is 6.58 Å². The highest BCUT2D eigenvalue weighted by atomic mass is 19.1. The van der Waals surface area contributed by atoms with Crippen LogP contribution in [0.2, 0.25) is 0 Å². The van der Waals surface area contributed by atoms with Gasteiger partial charge in [0.05, 0.1) is 5.56 Å². The molecule has 0 atom stereocenters. The van der Waals surface area contributed by atoms with Crippen LogP contribution < -0.4 is 4.90 Å². The van der Waals surface area contributed by atoms with Gasteiger partial charge in [-0.05, 0) is 24.3 Å². The molecular weight excluding hydrogens is 241 g/mol. The van der Waals surface area contributed by atoms with Gasteiger partial charge in [0.2, 0.25) is 0 Å². The molecule has 1 amide bonds. The van der Waals surface area contributed by atoms with Gasteiger partial charge in [-0.1, -0.05) is 36.4 Å². The second kappa shape index (κ2) is 5.96. The highest BCUT2D eigenvalue weighted by molar-refractivity contribution is 6.06. The predicted molar refractivity (Wildman–Crippen MR) is 74.7 cm³/mol. The Morgan fingerprint density at radius 3 is 2.37 bits per heavy atom. The summed E-state index contributed by atoms with van der Waals surface area (Å²) in [6.45, 7) is 3.97. The number of carbonyl (C=O) groups excluding carboxylic acids is 1. The van der Waals surface area contributed by atoms with Gasteiger partial charge in [-0.2, -0.15) is 0 Å². The summed E-state index contributed by atoms with van der Waals surface area (Å²) in [6.07, 6.45) is 1.62. The van der Waals surface area contributed by atoms with E-state index in [1.165, 1.54) is 17.0 Å². The Hall–Kier alpha value is -2.42. The zero-order valence-electron chi connectivity index (χ0n) is 10.4. The lowest BCUT2D eigenvalue weighted by atomic mass is 10.1. The second-order valence-corrected chi connectivity index (χ2v) is 4.02. The third-order valence-corrected chi connectivity index (χ3v) is 2.73. The predicted octanol–water partition coefficient (Wildman–Crippen LogP) is 3.66. The van der Waals surface area contributed by atoms with Gasteiger partial charge in [-0.15, -0.1) is 6.58 Å². The molecule has 0 N–H and O–H groups in total. The molecule has 0 aliphatic carbocycles. The van der Waals surface area contributed by atoms with Gasteiger partial charge in [0.25, 0.3) is 5.91 Å². The van der Waals surface area contributed by atoms with Crippen molar-refractivity contribution < 1.29 is 9.18 Å². The van der Waals surface area contributed by atoms with Crippen LogP contribution in [-0.2, 0) is 0 Å². The van der Waals surface area contributed by atoms with E-state index < -0.39 is 5.82 Å².